The van der Waals surface area contributed by atoms with E-state index in [9.17, 15) is 4.39 Å². The number of rotatable bonds is 4. The summed E-state index contributed by atoms with van der Waals surface area (Å²) in [5.41, 5.74) is 6.69. The number of hydrogen-bond donors (Lipinski definition) is 2. The van der Waals surface area contributed by atoms with Gasteiger partial charge < -0.3 is 10.6 Å². The van der Waals surface area contributed by atoms with Crippen molar-refractivity contribution in [1.82, 2.24) is 0 Å². The molecule has 0 heterocycles. The molecule has 1 aromatic carbocycles. The minimum absolute atomic E-state index is 0.101. The van der Waals surface area contributed by atoms with Crippen LogP contribution in [-0.2, 0) is 0 Å². The molecule has 3 nitrogen and oxygen atoms in total. The van der Waals surface area contributed by atoms with Gasteiger partial charge in [-0.15, -0.1) is 0 Å². The molecule has 0 radical (unpaired) electrons. The molecule has 0 aliphatic rings. The third-order valence-electron chi connectivity index (χ3n) is 2.35. The van der Waals surface area contributed by atoms with Gasteiger partial charge in [0.2, 0.25) is 0 Å². The number of hydrogen-bond acceptors (Lipinski definition) is 2. The molecule has 0 amide bonds. The highest BCUT2D eigenvalue weighted by Gasteiger charge is 2.11. The summed E-state index contributed by atoms with van der Waals surface area (Å²) in [7, 11) is 0. The van der Waals surface area contributed by atoms with Gasteiger partial charge >= 0.3 is 0 Å². The molecule has 15 heavy (non-hydrogen) atoms. The molecule has 0 bridgehead atoms. The largest absolute Gasteiger partial charge is 0.384 e. The molecular formula is C11H16FN3. The predicted octanol–water partition coefficient (Wildman–Crippen LogP) is 1.96. The third-order valence-corrected chi connectivity index (χ3v) is 2.35. The zero-order valence-corrected chi connectivity index (χ0v) is 9.05. The molecule has 0 aliphatic heterocycles. The number of halogens is 1. The number of anilines is 1. The van der Waals surface area contributed by atoms with Crippen molar-refractivity contribution in [3.8, 4) is 0 Å². The SMILES string of the molecule is CCN(CC)c1ccc(F)cc1C(=N)N. The van der Waals surface area contributed by atoms with Crippen LogP contribution in [0.4, 0.5) is 10.1 Å². The van der Waals surface area contributed by atoms with E-state index in [1.165, 1.54) is 12.1 Å². The van der Waals surface area contributed by atoms with Crippen molar-refractivity contribution in [1.29, 1.82) is 5.41 Å². The zero-order chi connectivity index (χ0) is 11.4. The summed E-state index contributed by atoms with van der Waals surface area (Å²) < 4.78 is 13.0. The fourth-order valence-electron chi connectivity index (χ4n) is 1.56. The van der Waals surface area contributed by atoms with Gasteiger partial charge in [0.1, 0.15) is 11.7 Å². The van der Waals surface area contributed by atoms with Crippen molar-refractivity contribution < 1.29 is 4.39 Å². The standard InChI is InChI=1S/C11H16FN3/c1-3-15(4-2)10-6-5-8(12)7-9(10)11(13)14/h5-7H,3-4H2,1-2H3,(H3,13,14). The highest BCUT2D eigenvalue weighted by atomic mass is 19.1. The Kier molecular flexibility index (Phi) is 3.66. The lowest BCUT2D eigenvalue weighted by Gasteiger charge is -2.23. The van der Waals surface area contributed by atoms with Crippen LogP contribution in [0, 0.1) is 11.2 Å². The first-order valence-electron chi connectivity index (χ1n) is 4.99. The second-order valence-corrected chi connectivity index (χ2v) is 3.25. The zero-order valence-electron chi connectivity index (χ0n) is 9.05. The van der Waals surface area contributed by atoms with E-state index < -0.39 is 0 Å². The first kappa shape index (κ1) is 11.5. The highest BCUT2D eigenvalue weighted by molar-refractivity contribution is 6.00. The Morgan fingerprint density at radius 2 is 2.00 bits per heavy atom. The summed E-state index contributed by atoms with van der Waals surface area (Å²) in [6, 6.07) is 4.36. The molecule has 0 fully saturated rings. The van der Waals surface area contributed by atoms with Crippen LogP contribution in [-0.4, -0.2) is 18.9 Å². The van der Waals surface area contributed by atoms with Crippen molar-refractivity contribution in [2.24, 2.45) is 5.73 Å². The molecule has 4 heteroatoms. The van der Waals surface area contributed by atoms with Crippen molar-refractivity contribution in [3.05, 3.63) is 29.6 Å². The van der Waals surface area contributed by atoms with Crippen LogP contribution in [0.25, 0.3) is 0 Å². The molecule has 0 unspecified atom stereocenters. The Balaban J connectivity index is 3.21. The molecule has 0 aliphatic carbocycles. The monoisotopic (exact) mass is 209 g/mol. The van der Waals surface area contributed by atoms with E-state index in [1.807, 2.05) is 18.7 Å². The molecular weight excluding hydrogens is 193 g/mol. The van der Waals surface area contributed by atoms with Gasteiger partial charge in [-0.25, -0.2) is 4.39 Å². The minimum atomic E-state index is -0.365. The van der Waals surface area contributed by atoms with Gasteiger partial charge in [0, 0.05) is 24.3 Å². The van der Waals surface area contributed by atoms with Crippen LogP contribution in [0.1, 0.15) is 19.4 Å². The van der Waals surface area contributed by atoms with Crippen LogP contribution >= 0.6 is 0 Å². The van der Waals surface area contributed by atoms with Crippen molar-refractivity contribution in [3.63, 3.8) is 0 Å². The average Bonchev–Trinajstić information content (AvgIpc) is 2.21. The van der Waals surface area contributed by atoms with Gasteiger partial charge in [-0.3, -0.25) is 5.41 Å². The Morgan fingerprint density at radius 1 is 1.40 bits per heavy atom. The van der Waals surface area contributed by atoms with Crippen LogP contribution in [0.15, 0.2) is 18.2 Å². The van der Waals surface area contributed by atoms with Crippen molar-refractivity contribution in [2.45, 2.75) is 13.8 Å². The smallest absolute Gasteiger partial charge is 0.125 e. The second kappa shape index (κ2) is 4.77. The van der Waals surface area contributed by atoms with E-state index >= 15 is 0 Å². The van der Waals surface area contributed by atoms with Gasteiger partial charge in [0.05, 0.1) is 0 Å². The Labute approximate surface area is 89.2 Å². The van der Waals surface area contributed by atoms with Gasteiger partial charge in [-0.1, -0.05) is 0 Å². The highest BCUT2D eigenvalue weighted by Crippen LogP contribution is 2.20. The van der Waals surface area contributed by atoms with Crippen LogP contribution in [0.2, 0.25) is 0 Å². The molecule has 82 valence electrons. The molecule has 0 saturated carbocycles. The summed E-state index contributed by atoms with van der Waals surface area (Å²) in [4.78, 5) is 2.04. The maximum atomic E-state index is 13.0. The van der Waals surface area contributed by atoms with Crippen LogP contribution < -0.4 is 10.6 Å². The number of nitrogens with two attached hydrogens (primary N) is 1. The molecule has 1 aromatic rings. The van der Waals surface area contributed by atoms with Crippen LogP contribution in [0.5, 0.6) is 0 Å². The first-order valence-corrected chi connectivity index (χ1v) is 4.99. The van der Waals surface area contributed by atoms with E-state index in [4.69, 9.17) is 11.1 Å². The lowest BCUT2D eigenvalue weighted by Crippen LogP contribution is -2.25. The summed E-state index contributed by atoms with van der Waals surface area (Å²) in [6.07, 6.45) is 0. The molecule has 1 rings (SSSR count). The number of nitrogens with zero attached hydrogens (tertiary/aromatic N) is 1. The third kappa shape index (κ3) is 2.46. The topological polar surface area (TPSA) is 53.1 Å². The molecule has 0 saturated heterocycles. The van der Waals surface area contributed by atoms with Crippen molar-refractivity contribution >= 4 is 11.5 Å². The van der Waals surface area contributed by atoms with E-state index in [-0.39, 0.29) is 11.7 Å². The normalized spacial score (nSPS) is 10.1. The Morgan fingerprint density at radius 3 is 2.47 bits per heavy atom. The minimum Gasteiger partial charge on any atom is -0.384 e. The number of nitrogens with one attached hydrogen (secondary N) is 1. The number of amidine groups is 1. The number of benzene rings is 1. The van der Waals surface area contributed by atoms with E-state index in [0.717, 1.165) is 18.8 Å². The quantitative estimate of drug-likeness (QED) is 0.588. The second-order valence-electron chi connectivity index (χ2n) is 3.25. The maximum Gasteiger partial charge on any atom is 0.125 e. The maximum absolute atomic E-state index is 13.0. The molecule has 0 atom stereocenters. The lowest BCUT2D eigenvalue weighted by molar-refractivity contribution is 0.627. The van der Waals surface area contributed by atoms with E-state index in [2.05, 4.69) is 0 Å². The fourth-order valence-corrected chi connectivity index (χ4v) is 1.56. The molecule has 3 N–H and O–H groups in total. The van der Waals surface area contributed by atoms with Crippen molar-refractivity contribution in [2.75, 3.05) is 18.0 Å². The van der Waals surface area contributed by atoms with Crippen LogP contribution in [0.3, 0.4) is 0 Å². The van der Waals surface area contributed by atoms with Gasteiger partial charge in [0.25, 0.3) is 0 Å². The lowest BCUT2D eigenvalue weighted by atomic mass is 10.1. The van der Waals surface area contributed by atoms with Gasteiger partial charge in [-0.05, 0) is 32.0 Å². The summed E-state index contributed by atoms with van der Waals surface area (Å²) in [6.45, 7) is 5.64. The predicted molar refractivity (Wildman–Crippen MR) is 61.0 cm³/mol. The molecule has 0 aromatic heterocycles. The average molecular weight is 209 g/mol. The van der Waals surface area contributed by atoms with Gasteiger partial charge in [0.15, 0.2) is 0 Å². The number of nitrogen functional groups attached to an aromatic ring is 1. The first-order chi connectivity index (χ1) is 7.10. The Bertz CT molecular complexity index is 359. The molecule has 0 spiro atoms. The van der Waals surface area contributed by atoms with Gasteiger partial charge in [-0.2, -0.15) is 0 Å². The summed E-state index contributed by atoms with van der Waals surface area (Å²) in [5.74, 6) is -0.465. The summed E-state index contributed by atoms with van der Waals surface area (Å²) >= 11 is 0. The summed E-state index contributed by atoms with van der Waals surface area (Å²) in [5, 5.41) is 7.40. The van der Waals surface area contributed by atoms with E-state index in [0.29, 0.717) is 5.56 Å². The fraction of sp³-hybridized carbons (Fsp3) is 0.364. The van der Waals surface area contributed by atoms with E-state index in [1.54, 1.807) is 6.07 Å². The Hall–Kier alpha value is -1.58.